The maximum Gasteiger partial charge on any atom is -0.00901 e. The lowest BCUT2D eigenvalue weighted by molar-refractivity contribution is 0.112. The average molecular weight is 296 g/mol. The Morgan fingerprint density at radius 3 is 2.14 bits per heavy atom. The van der Waals surface area contributed by atoms with Crippen molar-refractivity contribution in [2.75, 3.05) is 0 Å². The fourth-order valence-electron chi connectivity index (χ4n) is 5.09. The maximum atomic E-state index is 2.59. The lowest BCUT2D eigenvalue weighted by atomic mass is 9.60. The first-order chi connectivity index (χ1) is 10.7. The van der Waals surface area contributed by atoms with E-state index in [2.05, 4.69) is 50.3 Å². The summed E-state index contributed by atoms with van der Waals surface area (Å²) < 4.78 is 0. The second-order valence-electron chi connectivity index (χ2n) is 7.75. The molecular formula is C22H32. The molecular weight excluding hydrogens is 264 g/mol. The van der Waals surface area contributed by atoms with Crippen LogP contribution in [0.2, 0.25) is 0 Å². The Hall–Kier alpha value is -1.04. The average Bonchev–Trinajstić information content (AvgIpc) is 2.57. The summed E-state index contributed by atoms with van der Waals surface area (Å²) in [5.74, 6) is 1.74. The molecule has 0 heteroatoms. The van der Waals surface area contributed by atoms with Crippen molar-refractivity contribution < 1.29 is 0 Å². The van der Waals surface area contributed by atoms with Gasteiger partial charge in [0, 0.05) is 0 Å². The van der Waals surface area contributed by atoms with Gasteiger partial charge in [-0.05, 0) is 75.2 Å². The molecule has 120 valence electrons. The molecule has 2 fully saturated rings. The highest BCUT2D eigenvalue weighted by molar-refractivity contribution is 5.25. The molecule has 0 aliphatic heterocycles. The first-order valence-electron chi connectivity index (χ1n) is 9.44. The van der Waals surface area contributed by atoms with Gasteiger partial charge in [0.05, 0.1) is 0 Å². The van der Waals surface area contributed by atoms with E-state index < -0.39 is 0 Å². The monoisotopic (exact) mass is 296 g/mol. The van der Waals surface area contributed by atoms with Gasteiger partial charge in [0.15, 0.2) is 0 Å². The molecule has 0 heterocycles. The number of benzene rings is 1. The van der Waals surface area contributed by atoms with Crippen LogP contribution >= 0.6 is 0 Å². The Balaban J connectivity index is 1.66. The minimum Gasteiger partial charge on any atom is -0.0911 e. The zero-order valence-corrected chi connectivity index (χ0v) is 14.5. The summed E-state index contributed by atoms with van der Waals surface area (Å²) >= 11 is 0. The molecule has 1 aromatic carbocycles. The van der Waals surface area contributed by atoms with Crippen LogP contribution in [-0.4, -0.2) is 0 Å². The van der Waals surface area contributed by atoms with Gasteiger partial charge in [0.1, 0.15) is 0 Å². The largest absolute Gasteiger partial charge is 0.0911 e. The Morgan fingerprint density at radius 1 is 0.909 bits per heavy atom. The summed E-state index contributed by atoms with van der Waals surface area (Å²) in [5, 5.41) is 0. The molecule has 2 aliphatic carbocycles. The van der Waals surface area contributed by atoms with Crippen LogP contribution in [0.4, 0.5) is 0 Å². The van der Waals surface area contributed by atoms with Crippen molar-refractivity contribution in [2.45, 2.75) is 77.6 Å². The van der Waals surface area contributed by atoms with E-state index in [0.717, 1.165) is 11.8 Å². The van der Waals surface area contributed by atoms with Crippen molar-refractivity contribution in [3.05, 3.63) is 47.5 Å². The third kappa shape index (κ3) is 3.31. The second-order valence-corrected chi connectivity index (χ2v) is 7.75. The van der Waals surface area contributed by atoms with E-state index >= 15 is 0 Å². The van der Waals surface area contributed by atoms with Crippen molar-refractivity contribution in [3.8, 4) is 0 Å². The second kappa shape index (κ2) is 7.02. The number of hydrogen-bond acceptors (Lipinski definition) is 0. The van der Waals surface area contributed by atoms with Crippen LogP contribution in [0, 0.1) is 18.3 Å². The summed E-state index contributed by atoms with van der Waals surface area (Å²) in [5.41, 5.74) is 3.50. The van der Waals surface area contributed by atoms with Crippen LogP contribution in [0.15, 0.2) is 36.4 Å². The van der Waals surface area contributed by atoms with Gasteiger partial charge < -0.3 is 0 Å². The van der Waals surface area contributed by atoms with E-state index in [-0.39, 0.29) is 0 Å². The van der Waals surface area contributed by atoms with Crippen molar-refractivity contribution >= 4 is 0 Å². The van der Waals surface area contributed by atoms with E-state index in [0.29, 0.717) is 5.41 Å². The molecule has 0 saturated heterocycles. The Bertz CT molecular complexity index is 479. The van der Waals surface area contributed by atoms with Crippen LogP contribution in [-0.2, 0) is 0 Å². The Morgan fingerprint density at radius 2 is 1.55 bits per heavy atom. The highest BCUT2D eigenvalue weighted by atomic mass is 14.4. The minimum absolute atomic E-state index is 0.547. The first-order valence-corrected chi connectivity index (χ1v) is 9.44. The molecule has 2 aliphatic rings. The molecule has 0 atom stereocenters. The molecule has 0 N–H and O–H groups in total. The number of allylic oxidation sites excluding steroid dienone is 2. The molecule has 0 unspecified atom stereocenters. The van der Waals surface area contributed by atoms with E-state index in [1.54, 1.807) is 5.56 Å². The smallest absolute Gasteiger partial charge is 0.00901 e. The minimum atomic E-state index is 0.547. The molecule has 3 rings (SSSR count). The molecule has 0 radical (unpaired) electrons. The molecule has 0 bridgehead atoms. The van der Waals surface area contributed by atoms with Crippen LogP contribution in [0.5, 0.6) is 0 Å². The van der Waals surface area contributed by atoms with Gasteiger partial charge in [-0.2, -0.15) is 0 Å². The quantitative estimate of drug-likeness (QED) is 0.538. The van der Waals surface area contributed by atoms with Crippen LogP contribution in [0.1, 0.15) is 81.8 Å². The summed E-state index contributed by atoms with van der Waals surface area (Å²) in [6.45, 7) is 4.40. The number of rotatable bonds is 3. The van der Waals surface area contributed by atoms with Gasteiger partial charge in [-0.3, -0.25) is 0 Å². The summed E-state index contributed by atoms with van der Waals surface area (Å²) in [6.07, 6.45) is 17.8. The van der Waals surface area contributed by atoms with Crippen LogP contribution in [0.25, 0.3) is 0 Å². The third-order valence-electron chi connectivity index (χ3n) is 6.37. The predicted octanol–water partition coefficient (Wildman–Crippen LogP) is 6.80. The van der Waals surface area contributed by atoms with Crippen molar-refractivity contribution in [3.63, 3.8) is 0 Å². The van der Waals surface area contributed by atoms with Gasteiger partial charge in [-0.25, -0.2) is 0 Å². The molecule has 0 spiro atoms. The first kappa shape index (κ1) is 15.8. The van der Waals surface area contributed by atoms with Crippen LogP contribution < -0.4 is 0 Å². The van der Waals surface area contributed by atoms with E-state index in [1.165, 1.54) is 63.4 Å². The number of hydrogen-bond donors (Lipinski definition) is 0. The summed E-state index contributed by atoms with van der Waals surface area (Å²) in [7, 11) is 0. The van der Waals surface area contributed by atoms with Gasteiger partial charge in [0.25, 0.3) is 0 Å². The third-order valence-corrected chi connectivity index (χ3v) is 6.37. The normalized spacial score (nSPS) is 28.8. The standard InChI is InChI=1S/C22H32/c1-3-15-22(16-5-4-6-17-22)21-13-11-20(12-14-21)19-9-7-18(2)8-10-19/h3,7-10,15,20-21H,4-6,11-14,16-17H2,1-2H3/b15-3+/t20-,21-. The van der Waals surface area contributed by atoms with Gasteiger partial charge in [-0.15, -0.1) is 0 Å². The SMILES string of the molecule is C/C=C/C1([C@H]2CC[C@H](c3ccc(C)cc3)CC2)CCCCC1. The zero-order chi connectivity index (χ0) is 15.4. The fourth-order valence-corrected chi connectivity index (χ4v) is 5.09. The van der Waals surface area contributed by atoms with Crippen LogP contribution in [0.3, 0.4) is 0 Å². The predicted molar refractivity (Wildman–Crippen MR) is 96.2 cm³/mol. The zero-order valence-electron chi connectivity index (χ0n) is 14.5. The molecule has 22 heavy (non-hydrogen) atoms. The lowest BCUT2D eigenvalue weighted by Crippen LogP contribution is -2.33. The van der Waals surface area contributed by atoms with E-state index in [9.17, 15) is 0 Å². The number of aryl methyl sites for hydroxylation is 1. The lowest BCUT2D eigenvalue weighted by Gasteiger charge is -2.45. The molecule has 0 nitrogen and oxygen atoms in total. The van der Waals surface area contributed by atoms with Gasteiger partial charge in [0.2, 0.25) is 0 Å². The van der Waals surface area contributed by atoms with Gasteiger partial charge >= 0.3 is 0 Å². The molecule has 1 aromatic rings. The fraction of sp³-hybridized carbons (Fsp3) is 0.636. The van der Waals surface area contributed by atoms with Crippen molar-refractivity contribution in [1.82, 2.24) is 0 Å². The van der Waals surface area contributed by atoms with E-state index in [1.807, 2.05) is 0 Å². The summed E-state index contributed by atoms with van der Waals surface area (Å²) in [4.78, 5) is 0. The topological polar surface area (TPSA) is 0 Å². The molecule has 0 amide bonds. The maximum absolute atomic E-state index is 2.59. The van der Waals surface area contributed by atoms with Gasteiger partial charge in [-0.1, -0.05) is 61.2 Å². The van der Waals surface area contributed by atoms with Crippen molar-refractivity contribution in [2.24, 2.45) is 11.3 Å². The Kier molecular flexibility index (Phi) is 5.06. The highest BCUT2D eigenvalue weighted by Gasteiger charge is 2.39. The Labute approximate surface area is 137 Å². The molecule has 2 saturated carbocycles. The van der Waals surface area contributed by atoms with Crippen molar-refractivity contribution in [1.29, 1.82) is 0 Å². The molecule has 0 aromatic heterocycles. The highest BCUT2D eigenvalue weighted by Crippen LogP contribution is 2.51. The van der Waals surface area contributed by atoms with E-state index in [4.69, 9.17) is 0 Å². The summed E-state index contributed by atoms with van der Waals surface area (Å²) in [6, 6.07) is 9.29.